The number of carbonyl (C=O) groups is 1. The highest BCUT2D eigenvalue weighted by Crippen LogP contribution is 1.80. The Labute approximate surface area is 79.5 Å². The minimum atomic E-state index is -0.0609. The third kappa shape index (κ3) is 8.82. The second-order valence-electron chi connectivity index (χ2n) is 2.52. The van der Waals surface area contributed by atoms with Crippen molar-refractivity contribution in [3.8, 4) is 0 Å². The van der Waals surface area contributed by atoms with Gasteiger partial charge in [-0.05, 0) is 13.3 Å². The second kappa shape index (κ2) is 9.00. The number of rotatable bonds is 6. The monoisotopic (exact) mass is 183 g/mol. The average Bonchev–Trinajstić information content (AvgIpc) is 2.13. The van der Waals surface area contributed by atoms with Crippen molar-refractivity contribution in [2.24, 2.45) is 0 Å². The van der Waals surface area contributed by atoms with Crippen LogP contribution in [0.15, 0.2) is 24.3 Å². The molecule has 0 saturated heterocycles. The molecule has 0 aromatic heterocycles. The topological polar surface area (TPSA) is 38.3 Å². The number of hydrogen-bond donors (Lipinski definition) is 1. The number of methoxy groups -OCH3 is 1. The summed E-state index contributed by atoms with van der Waals surface area (Å²) in [4.78, 5) is 11.0. The summed E-state index contributed by atoms with van der Waals surface area (Å²) in [7, 11) is 1.65. The second-order valence-corrected chi connectivity index (χ2v) is 2.52. The predicted octanol–water partition coefficient (Wildman–Crippen LogP) is 1.27. The normalized spacial score (nSPS) is 11.2. The lowest BCUT2D eigenvalue weighted by atomic mass is 10.4. The molecule has 1 N–H and O–H groups in total. The highest BCUT2D eigenvalue weighted by atomic mass is 16.5. The van der Waals surface area contributed by atoms with Gasteiger partial charge in [-0.2, -0.15) is 0 Å². The molecule has 0 aliphatic rings. The van der Waals surface area contributed by atoms with Crippen molar-refractivity contribution in [1.82, 2.24) is 5.32 Å². The van der Waals surface area contributed by atoms with Crippen molar-refractivity contribution in [3.05, 3.63) is 24.3 Å². The molecule has 0 radical (unpaired) electrons. The number of hydrogen-bond acceptors (Lipinski definition) is 2. The van der Waals surface area contributed by atoms with Crippen LogP contribution in [0.2, 0.25) is 0 Å². The van der Waals surface area contributed by atoms with Crippen LogP contribution in [0.4, 0.5) is 0 Å². The third-order valence-electron chi connectivity index (χ3n) is 1.38. The van der Waals surface area contributed by atoms with E-state index in [0.717, 1.165) is 6.42 Å². The molecule has 3 heteroatoms. The molecule has 0 spiro atoms. The molecule has 1 amide bonds. The van der Waals surface area contributed by atoms with Gasteiger partial charge in [0, 0.05) is 26.3 Å². The third-order valence-corrected chi connectivity index (χ3v) is 1.38. The molecule has 0 atom stereocenters. The molecule has 0 aromatic carbocycles. The Kier molecular flexibility index (Phi) is 8.25. The van der Waals surface area contributed by atoms with Crippen molar-refractivity contribution in [2.75, 3.05) is 20.3 Å². The molecule has 0 aromatic rings. The lowest BCUT2D eigenvalue weighted by Gasteiger charge is -2.00. The predicted molar refractivity (Wildman–Crippen MR) is 53.5 cm³/mol. The molecule has 0 fully saturated rings. The first-order valence-corrected chi connectivity index (χ1v) is 4.37. The maximum Gasteiger partial charge on any atom is 0.243 e. The van der Waals surface area contributed by atoms with Crippen LogP contribution in [0.5, 0.6) is 0 Å². The van der Waals surface area contributed by atoms with Crippen molar-refractivity contribution in [1.29, 1.82) is 0 Å². The first kappa shape index (κ1) is 11.9. The number of allylic oxidation sites excluding steroid dienone is 3. The maximum atomic E-state index is 11.0. The fourth-order valence-corrected chi connectivity index (χ4v) is 0.741. The zero-order valence-corrected chi connectivity index (χ0v) is 8.25. The van der Waals surface area contributed by atoms with Crippen LogP contribution in [0.3, 0.4) is 0 Å². The van der Waals surface area contributed by atoms with Crippen LogP contribution in [-0.2, 0) is 9.53 Å². The van der Waals surface area contributed by atoms with Gasteiger partial charge in [-0.25, -0.2) is 0 Å². The minimum absolute atomic E-state index is 0.0609. The molecule has 0 heterocycles. The quantitative estimate of drug-likeness (QED) is 0.382. The van der Waals surface area contributed by atoms with Gasteiger partial charge in [-0.1, -0.05) is 18.2 Å². The summed E-state index contributed by atoms with van der Waals surface area (Å²) in [6.07, 6.45) is 7.75. The smallest absolute Gasteiger partial charge is 0.243 e. The van der Waals surface area contributed by atoms with Crippen molar-refractivity contribution >= 4 is 5.91 Å². The van der Waals surface area contributed by atoms with E-state index >= 15 is 0 Å². The summed E-state index contributed by atoms with van der Waals surface area (Å²) in [5.74, 6) is -0.0609. The lowest BCUT2D eigenvalue weighted by Crippen LogP contribution is -2.22. The largest absolute Gasteiger partial charge is 0.385 e. The molecule has 0 aliphatic carbocycles. The lowest BCUT2D eigenvalue weighted by molar-refractivity contribution is -0.116. The van der Waals surface area contributed by atoms with E-state index in [4.69, 9.17) is 4.74 Å². The summed E-state index contributed by atoms with van der Waals surface area (Å²) < 4.78 is 4.84. The van der Waals surface area contributed by atoms with E-state index in [2.05, 4.69) is 5.32 Å². The SMILES string of the molecule is C/C=C/C=C/C(=O)NCCCOC. The van der Waals surface area contributed by atoms with Crippen LogP contribution < -0.4 is 5.32 Å². The van der Waals surface area contributed by atoms with Gasteiger partial charge in [0.1, 0.15) is 0 Å². The van der Waals surface area contributed by atoms with Crippen LogP contribution in [-0.4, -0.2) is 26.2 Å². The summed E-state index contributed by atoms with van der Waals surface area (Å²) in [6.45, 7) is 3.24. The zero-order valence-electron chi connectivity index (χ0n) is 8.25. The molecular formula is C10H17NO2. The Morgan fingerprint density at radius 3 is 2.85 bits per heavy atom. The Morgan fingerprint density at radius 1 is 1.46 bits per heavy atom. The molecule has 0 aliphatic heterocycles. The Hall–Kier alpha value is -1.09. The minimum Gasteiger partial charge on any atom is -0.385 e. The van der Waals surface area contributed by atoms with Crippen molar-refractivity contribution in [2.45, 2.75) is 13.3 Å². The van der Waals surface area contributed by atoms with Gasteiger partial charge in [0.15, 0.2) is 0 Å². The van der Waals surface area contributed by atoms with Crippen LogP contribution >= 0.6 is 0 Å². The average molecular weight is 183 g/mol. The highest BCUT2D eigenvalue weighted by molar-refractivity contribution is 5.87. The fourth-order valence-electron chi connectivity index (χ4n) is 0.741. The first-order chi connectivity index (χ1) is 6.31. The molecule has 74 valence electrons. The molecule has 0 rings (SSSR count). The van der Waals surface area contributed by atoms with Crippen LogP contribution in [0, 0.1) is 0 Å². The van der Waals surface area contributed by atoms with Crippen molar-refractivity contribution in [3.63, 3.8) is 0 Å². The van der Waals surface area contributed by atoms with E-state index in [-0.39, 0.29) is 5.91 Å². The van der Waals surface area contributed by atoms with Crippen LogP contribution in [0.25, 0.3) is 0 Å². The summed E-state index contributed by atoms with van der Waals surface area (Å²) in [5.41, 5.74) is 0. The highest BCUT2D eigenvalue weighted by Gasteiger charge is 1.91. The number of carbonyl (C=O) groups excluding carboxylic acids is 1. The summed E-state index contributed by atoms with van der Waals surface area (Å²) >= 11 is 0. The number of amides is 1. The van der Waals surface area contributed by atoms with Gasteiger partial charge in [-0.3, -0.25) is 4.79 Å². The molecule has 0 unspecified atom stereocenters. The standard InChI is InChI=1S/C10H17NO2/c1-3-4-5-7-10(12)11-8-6-9-13-2/h3-5,7H,6,8-9H2,1-2H3,(H,11,12)/b4-3+,7-5+. The fraction of sp³-hybridized carbons (Fsp3) is 0.500. The van der Waals surface area contributed by atoms with E-state index < -0.39 is 0 Å². The Morgan fingerprint density at radius 2 is 2.23 bits per heavy atom. The molecule has 0 saturated carbocycles. The molecule has 3 nitrogen and oxygen atoms in total. The Bertz CT molecular complexity index is 185. The molecular weight excluding hydrogens is 166 g/mol. The van der Waals surface area contributed by atoms with E-state index in [1.165, 1.54) is 6.08 Å². The number of ether oxygens (including phenoxy) is 1. The molecule has 0 bridgehead atoms. The van der Waals surface area contributed by atoms with E-state index in [1.807, 2.05) is 19.1 Å². The van der Waals surface area contributed by atoms with E-state index in [0.29, 0.717) is 13.2 Å². The maximum absolute atomic E-state index is 11.0. The van der Waals surface area contributed by atoms with Crippen LogP contribution in [0.1, 0.15) is 13.3 Å². The van der Waals surface area contributed by atoms with E-state index in [9.17, 15) is 4.79 Å². The zero-order chi connectivity index (χ0) is 9.94. The van der Waals surface area contributed by atoms with Gasteiger partial charge in [0.05, 0.1) is 0 Å². The summed E-state index contributed by atoms with van der Waals surface area (Å²) in [5, 5.41) is 2.74. The van der Waals surface area contributed by atoms with Gasteiger partial charge in [0.2, 0.25) is 5.91 Å². The Balaban J connectivity index is 3.40. The van der Waals surface area contributed by atoms with Gasteiger partial charge >= 0.3 is 0 Å². The number of nitrogens with one attached hydrogen (secondary N) is 1. The molecule has 13 heavy (non-hydrogen) atoms. The van der Waals surface area contributed by atoms with Gasteiger partial charge < -0.3 is 10.1 Å². The summed E-state index contributed by atoms with van der Waals surface area (Å²) in [6, 6.07) is 0. The van der Waals surface area contributed by atoms with Gasteiger partial charge in [0.25, 0.3) is 0 Å². The van der Waals surface area contributed by atoms with Gasteiger partial charge in [-0.15, -0.1) is 0 Å². The van der Waals surface area contributed by atoms with Crippen molar-refractivity contribution < 1.29 is 9.53 Å². The van der Waals surface area contributed by atoms with E-state index in [1.54, 1.807) is 13.2 Å². The first-order valence-electron chi connectivity index (χ1n) is 4.37.